The number of rotatable bonds is 6. The van der Waals surface area contributed by atoms with Gasteiger partial charge in [0, 0.05) is 6.54 Å². The van der Waals surface area contributed by atoms with Gasteiger partial charge in [-0.1, -0.05) is 26.0 Å². The quantitative estimate of drug-likeness (QED) is 0.777. The van der Waals surface area contributed by atoms with Gasteiger partial charge in [0.2, 0.25) is 5.91 Å². The smallest absolute Gasteiger partial charge is 0.229 e. The monoisotopic (exact) mass is 267 g/mol. The number of hydrogen-bond acceptors (Lipinski definition) is 3. The molecule has 0 saturated carbocycles. The molecule has 1 N–H and O–H groups in total. The maximum Gasteiger partial charge on any atom is 0.229 e. The van der Waals surface area contributed by atoms with E-state index in [-0.39, 0.29) is 11.7 Å². The second-order valence-electron chi connectivity index (χ2n) is 4.49. The molecule has 0 aliphatic heterocycles. The van der Waals surface area contributed by atoms with Crippen LogP contribution in [0.4, 0.5) is 0 Å². The van der Waals surface area contributed by atoms with E-state index in [0.29, 0.717) is 12.5 Å². The van der Waals surface area contributed by atoms with E-state index in [0.717, 1.165) is 12.2 Å². The number of ether oxygens (including phenoxy) is 1. The largest absolute Gasteiger partial charge is 0.496 e. The molecule has 18 heavy (non-hydrogen) atoms. The number of hydrogen-bond donors (Lipinski definition) is 2. The van der Waals surface area contributed by atoms with Gasteiger partial charge in [0.05, 0.1) is 12.9 Å². The van der Waals surface area contributed by atoms with Crippen LogP contribution in [-0.2, 0) is 11.2 Å². The standard InChI is InChI=1S/C14H21NO2S/c1-10(2)12-8-11(4-5-13(12)17-3)6-7-15-14(16)9-18/h4-5,8,10,18H,6-7,9H2,1-3H3,(H,15,16). The van der Waals surface area contributed by atoms with Crippen LogP contribution in [0.2, 0.25) is 0 Å². The predicted octanol–water partition coefficient (Wildman–Crippen LogP) is 2.41. The van der Waals surface area contributed by atoms with E-state index in [4.69, 9.17) is 4.74 Å². The summed E-state index contributed by atoms with van der Waals surface area (Å²) in [5.41, 5.74) is 2.41. The average Bonchev–Trinajstić information content (AvgIpc) is 2.38. The lowest BCUT2D eigenvalue weighted by atomic mass is 9.98. The molecular weight excluding hydrogens is 246 g/mol. The van der Waals surface area contributed by atoms with Gasteiger partial charge in [0.15, 0.2) is 0 Å². The molecule has 0 aliphatic rings. The van der Waals surface area contributed by atoms with Crippen LogP contribution < -0.4 is 10.1 Å². The predicted molar refractivity (Wildman–Crippen MR) is 77.6 cm³/mol. The van der Waals surface area contributed by atoms with Crippen molar-refractivity contribution in [1.82, 2.24) is 5.32 Å². The molecule has 1 rings (SSSR count). The molecule has 3 nitrogen and oxygen atoms in total. The molecule has 0 spiro atoms. The van der Waals surface area contributed by atoms with Gasteiger partial charge in [0.1, 0.15) is 5.75 Å². The third-order valence-corrected chi connectivity index (χ3v) is 3.08. The maximum atomic E-state index is 11.1. The zero-order valence-electron chi connectivity index (χ0n) is 11.2. The molecule has 0 atom stereocenters. The molecule has 0 saturated heterocycles. The third-order valence-electron chi connectivity index (χ3n) is 2.80. The van der Waals surface area contributed by atoms with Gasteiger partial charge < -0.3 is 10.1 Å². The van der Waals surface area contributed by atoms with Crippen LogP contribution in [0.1, 0.15) is 30.9 Å². The Balaban J connectivity index is 2.67. The Kier molecular flexibility index (Phi) is 6.05. The highest BCUT2D eigenvalue weighted by Gasteiger charge is 2.08. The first kappa shape index (κ1) is 14.9. The van der Waals surface area contributed by atoms with Gasteiger partial charge >= 0.3 is 0 Å². The summed E-state index contributed by atoms with van der Waals surface area (Å²) in [7, 11) is 1.69. The Labute approximate surface area is 114 Å². The minimum absolute atomic E-state index is 0.0315. The van der Waals surface area contributed by atoms with Crippen LogP contribution in [0.5, 0.6) is 5.75 Å². The molecule has 0 radical (unpaired) electrons. The summed E-state index contributed by atoms with van der Waals surface area (Å²) in [5.74, 6) is 1.55. The fourth-order valence-electron chi connectivity index (χ4n) is 1.79. The van der Waals surface area contributed by atoms with E-state index >= 15 is 0 Å². The van der Waals surface area contributed by atoms with Gasteiger partial charge in [-0.3, -0.25) is 4.79 Å². The van der Waals surface area contributed by atoms with Crippen molar-refractivity contribution in [2.75, 3.05) is 19.4 Å². The SMILES string of the molecule is COc1ccc(CCNC(=O)CS)cc1C(C)C. The van der Waals surface area contributed by atoms with Crippen LogP contribution in [0.25, 0.3) is 0 Å². The minimum atomic E-state index is -0.0315. The normalized spacial score (nSPS) is 10.5. The molecule has 0 aliphatic carbocycles. The van der Waals surface area contributed by atoms with Crippen molar-refractivity contribution in [2.45, 2.75) is 26.2 Å². The summed E-state index contributed by atoms with van der Waals surface area (Å²) < 4.78 is 5.34. The summed E-state index contributed by atoms with van der Waals surface area (Å²) in [6, 6.07) is 6.18. The summed E-state index contributed by atoms with van der Waals surface area (Å²) in [5, 5.41) is 2.81. The average molecular weight is 267 g/mol. The first-order chi connectivity index (χ1) is 8.58. The van der Waals surface area contributed by atoms with Crippen molar-refractivity contribution in [2.24, 2.45) is 0 Å². The van der Waals surface area contributed by atoms with E-state index in [1.807, 2.05) is 12.1 Å². The molecule has 1 aromatic carbocycles. The molecule has 4 heteroatoms. The van der Waals surface area contributed by atoms with Gasteiger partial charge in [-0.15, -0.1) is 0 Å². The number of methoxy groups -OCH3 is 1. The van der Waals surface area contributed by atoms with Crippen molar-refractivity contribution < 1.29 is 9.53 Å². The first-order valence-corrected chi connectivity index (χ1v) is 6.76. The second-order valence-corrected chi connectivity index (χ2v) is 4.81. The number of amides is 1. The molecule has 0 bridgehead atoms. The molecule has 0 fully saturated rings. The molecule has 0 heterocycles. The van der Waals surface area contributed by atoms with E-state index in [1.165, 1.54) is 11.1 Å². The summed E-state index contributed by atoms with van der Waals surface area (Å²) in [6.07, 6.45) is 0.823. The van der Waals surface area contributed by atoms with Crippen molar-refractivity contribution in [3.8, 4) is 5.75 Å². The fourth-order valence-corrected chi connectivity index (χ4v) is 1.90. The Morgan fingerprint density at radius 2 is 2.17 bits per heavy atom. The first-order valence-electron chi connectivity index (χ1n) is 6.12. The van der Waals surface area contributed by atoms with Crippen LogP contribution in [0, 0.1) is 0 Å². The molecule has 1 amide bonds. The Hall–Kier alpha value is -1.16. The van der Waals surface area contributed by atoms with E-state index in [9.17, 15) is 4.79 Å². The van der Waals surface area contributed by atoms with Gasteiger partial charge in [-0.2, -0.15) is 12.6 Å². The second kappa shape index (κ2) is 7.31. The van der Waals surface area contributed by atoms with E-state index < -0.39 is 0 Å². The highest BCUT2D eigenvalue weighted by molar-refractivity contribution is 7.81. The lowest BCUT2D eigenvalue weighted by Crippen LogP contribution is -2.26. The van der Waals surface area contributed by atoms with Crippen molar-refractivity contribution in [3.63, 3.8) is 0 Å². The van der Waals surface area contributed by atoms with Crippen LogP contribution in [0.15, 0.2) is 18.2 Å². The fraction of sp³-hybridized carbons (Fsp3) is 0.500. The van der Waals surface area contributed by atoms with Crippen LogP contribution in [-0.4, -0.2) is 25.3 Å². The number of benzene rings is 1. The minimum Gasteiger partial charge on any atom is -0.496 e. The van der Waals surface area contributed by atoms with Gasteiger partial charge in [-0.25, -0.2) is 0 Å². The van der Waals surface area contributed by atoms with Gasteiger partial charge in [0.25, 0.3) is 0 Å². The molecule has 0 aromatic heterocycles. The van der Waals surface area contributed by atoms with E-state index in [2.05, 4.69) is 37.9 Å². The molecule has 0 unspecified atom stereocenters. The summed E-state index contributed by atoms with van der Waals surface area (Å²) >= 11 is 3.92. The maximum absolute atomic E-state index is 11.1. The van der Waals surface area contributed by atoms with E-state index in [1.54, 1.807) is 7.11 Å². The molecule has 1 aromatic rings. The van der Waals surface area contributed by atoms with Crippen molar-refractivity contribution >= 4 is 18.5 Å². The summed E-state index contributed by atoms with van der Waals surface area (Å²) in [4.78, 5) is 11.1. The lowest BCUT2D eigenvalue weighted by Gasteiger charge is -2.13. The number of thiol groups is 1. The zero-order chi connectivity index (χ0) is 13.5. The van der Waals surface area contributed by atoms with Crippen molar-refractivity contribution in [3.05, 3.63) is 29.3 Å². The Morgan fingerprint density at radius 3 is 2.72 bits per heavy atom. The highest BCUT2D eigenvalue weighted by atomic mass is 32.1. The topological polar surface area (TPSA) is 38.3 Å². The van der Waals surface area contributed by atoms with Crippen LogP contribution >= 0.6 is 12.6 Å². The Morgan fingerprint density at radius 1 is 1.44 bits per heavy atom. The molecule has 100 valence electrons. The molecular formula is C14H21NO2S. The summed E-state index contributed by atoms with van der Waals surface area (Å²) in [6.45, 7) is 4.93. The Bertz CT molecular complexity index is 405. The van der Waals surface area contributed by atoms with Gasteiger partial charge in [-0.05, 0) is 29.5 Å². The zero-order valence-corrected chi connectivity index (χ0v) is 12.1. The lowest BCUT2D eigenvalue weighted by molar-refractivity contribution is -0.118. The number of carbonyl (C=O) groups is 1. The third kappa shape index (κ3) is 4.26. The number of carbonyl (C=O) groups excluding carboxylic acids is 1. The highest BCUT2D eigenvalue weighted by Crippen LogP contribution is 2.27. The van der Waals surface area contributed by atoms with Crippen molar-refractivity contribution in [1.29, 1.82) is 0 Å². The van der Waals surface area contributed by atoms with Crippen LogP contribution in [0.3, 0.4) is 0 Å². The number of nitrogens with one attached hydrogen (secondary N) is 1.